The SMILES string of the molecule is CC1C=C2C3C(C)C(O)CCC3(C(=O)O)CCC2(C)C2(C)CC(C)C3C(C)(C)C(O[C@H]4O[C@H](C)[C@@H](O)[C@H](O)[C@H]4O)CCC3(C)C12. The highest BCUT2D eigenvalue weighted by Gasteiger charge is 2.72. The van der Waals surface area contributed by atoms with E-state index in [1.807, 2.05) is 0 Å². The fourth-order valence-corrected chi connectivity index (χ4v) is 13.7. The van der Waals surface area contributed by atoms with E-state index in [9.17, 15) is 30.3 Å². The number of rotatable bonds is 3. The van der Waals surface area contributed by atoms with Crippen molar-refractivity contribution in [2.75, 3.05) is 0 Å². The maximum Gasteiger partial charge on any atom is 0.310 e. The van der Waals surface area contributed by atoms with Gasteiger partial charge in [-0.3, -0.25) is 4.79 Å². The summed E-state index contributed by atoms with van der Waals surface area (Å²) in [5.41, 5.74) is 0.0383. The summed E-state index contributed by atoms with van der Waals surface area (Å²) < 4.78 is 12.5. The molecule has 0 bridgehead atoms. The van der Waals surface area contributed by atoms with E-state index in [1.54, 1.807) is 6.92 Å². The van der Waals surface area contributed by atoms with Crippen LogP contribution in [0.4, 0.5) is 0 Å². The van der Waals surface area contributed by atoms with Crippen molar-refractivity contribution in [3.8, 4) is 0 Å². The molecule has 0 radical (unpaired) electrons. The third kappa shape index (κ3) is 4.40. The van der Waals surface area contributed by atoms with Crippen molar-refractivity contribution in [2.45, 2.75) is 150 Å². The summed E-state index contributed by atoms with van der Waals surface area (Å²) in [6, 6.07) is 0. The van der Waals surface area contributed by atoms with Crippen molar-refractivity contribution < 1.29 is 39.8 Å². The molecule has 45 heavy (non-hydrogen) atoms. The lowest BCUT2D eigenvalue weighted by atomic mass is 9.31. The number of carbonyl (C=O) groups is 1. The molecule has 0 aromatic carbocycles. The van der Waals surface area contributed by atoms with Crippen molar-refractivity contribution >= 4 is 5.97 Å². The Kier molecular flexibility index (Phi) is 8.08. The molecule has 8 nitrogen and oxygen atoms in total. The predicted octanol–water partition coefficient (Wildman–Crippen LogP) is 5.16. The Labute approximate surface area is 270 Å². The molecule has 5 fully saturated rings. The number of carboxylic acid groups (broad SMARTS) is 1. The number of fused-ring (bicyclic) bond motifs is 7. The fraction of sp³-hybridized carbons (Fsp3) is 0.919. The summed E-state index contributed by atoms with van der Waals surface area (Å²) in [4.78, 5) is 13.0. The van der Waals surface area contributed by atoms with Crippen LogP contribution in [0.2, 0.25) is 0 Å². The van der Waals surface area contributed by atoms with Crippen molar-refractivity contribution in [3.05, 3.63) is 11.6 Å². The maximum atomic E-state index is 13.0. The van der Waals surface area contributed by atoms with Gasteiger partial charge in [-0.25, -0.2) is 0 Å². The van der Waals surface area contributed by atoms with Crippen LogP contribution in [0.15, 0.2) is 11.6 Å². The number of allylic oxidation sites excluding steroid dienone is 2. The Morgan fingerprint density at radius 3 is 2.18 bits per heavy atom. The number of aliphatic carboxylic acids is 1. The van der Waals surface area contributed by atoms with Crippen LogP contribution in [0.25, 0.3) is 0 Å². The summed E-state index contributed by atoms with van der Waals surface area (Å²) in [6.45, 7) is 20.5. The van der Waals surface area contributed by atoms with E-state index in [-0.39, 0.29) is 45.5 Å². The average Bonchev–Trinajstić information content (AvgIpc) is 2.94. The molecule has 1 saturated heterocycles. The highest BCUT2D eigenvalue weighted by molar-refractivity contribution is 5.76. The second kappa shape index (κ2) is 10.7. The summed E-state index contributed by atoms with van der Waals surface area (Å²) in [5, 5.41) is 53.2. The molecule has 6 aliphatic rings. The Morgan fingerprint density at radius 2 is 1.53 bits per heavy atom. The lowest BCUT2D eigenvalue weighted by Gasteiger charge is -2.74. The summed E-state index contributed by atoms with van der Waals surface area (Å²) in [5.74, 6) is 0.388. The number of hydrogen-bond donors (Lipinski definition) is 5. The highest BCUT2D eigenvalue weighted by Crippen LogP contribution is 2.77. The maximum absolute atomic E-state index is 13.0. The van der Waals surface area contributed by atoms with Gasteiger partial charge in [0.05, 0.1) is 23.7 Å². The Balaban J connectivity index is 1.37. The lowest BCUT2D eigenvalue weighted by Crippen LogP contribution is -2.69. The van der Waals surface area contributed by atoms with Gasteiger partial charge >= 0.3 is 5.97 Å². The van der Waals surface area contributed by atoms with E-state index >= 15 is 0 Å². The summed E-state index contributed by atoms with van der Waals surface area (Å²) in [6.07, 6.45) is 1.76. The highest BCUT2D eigenvalue weighted by atomic mass is 16.7. The van der Waals surface area contributed by atoms with Crippen LogP contribution < -0.4 is 0 Å². The Bertz CT molecular complexity index is 1220. The van der Waals surface area contributed by atoms with Crippen molar-refractivity contribution in [1.29, 1.82) is 0 Å². The largest absolute Gasteiger partial charge is 0.481 e. The third-order valence-electron chi connectivity index (χ3n) is 15.4. The first-order chi connectivity index (χ1) is 20.8. The van der Waals surface area contributed by atoms with Gasteiger partial charge in [0.1, 0.15) is 18.3 Å². The number of ether oxygens (including phenoxy) is 2. The van der Waals surface area contributed by atoms with Gasteiger partial charge in [0.25, 0.3) is 0 Å². The first-order valence-electron chi connectivity index (χ1n) is 17.8. The molecule has 12 unspecified atom stereocenters. The first kappa shape index (κ1) is 33.9. The van der Waals surface area contributed by atoms with E-state index in [0.717, 1.165) is 25.7 Å². The average molecular weight is 633 g/mol. The van der Waals surface area contributed by atoms with Crippen LogP contribution in [-0.4, -0.2) is 74.4 Å². The molecule has 0 spiro atoms. The second-order valence-corrected chi connectivity index (χ2v) is 17.9. The van der Waals surface area contributed by atoms with Crippen LogP contribution in [0.5, 0.6) is 0 Å². The molecular formula is C37H60O8. The smallest absolute Gasteiger partial charge is 0.310 e. The topological polar surface area (TPSA) is 137 Å². The van der Waals surface area contributed by atoms with Gasteiger partial charge in [-0.05, 0) is 103 Å². The zero-order valence-electron chi connectivity index (χ0n) is 29.0. The van der Waals surface area contributed by atoms with Crippen LogP contribution in [0, 0.1) is 62.6 Å². The minimum absolute atomic E-state index is 0.00566. The van der Waals surface area contributed by atoms with Crippen molar-refractivity contribution in [3.63, 3.8) is 0 Å². The molecule has 6 rings (SSSR count). The van der Waals surface area contributed by atoms with Crippen molar-refractivity contribution in [1.82, 2.24) is 0 Å². The fourth-order valence-electron chi connectivity index (χ4n) is 13.7. The van der Waals surface area contributed by atoms with Crippen LogP contribution in [0.1, 0.15) is 107 Å². The number of aliphatic hydroxyl groups excluding tert-OH is 4. The molecule has 5 N–H and O–H groups in total. The number of carboxylic acids is 1. The summed E-state index contributed by atoms with van der Waals surface area (Å²) in [7, 11) is 0. The molecule has 5 aliphatic carbocycles. The molecule has 256 valence electrons. The lowest BCUT2D eigenvalue weighted by molar-refractivity contribution is -0.328. The molecule has 4 saturated carbocycles. The molecule has 0 amide bonds. The van der Waals surface area contributed by atoms with Gasteiger partial charge < -0.3 is 35.0 Å². The van der Waals surface area contributed by atoms with Crippen LogP contribution in [-0.2, 0) is 14.3 Å². The molecular weight excluding hydrogens is 572 g/mol. The van der Waals surface area contributed by atoms with Crippen LogP contribution in [0.3, 0.4) is 0 Å². The van der Waals surface area contributed by atoms with Gasteiger partial charge in [0.15, 0.2) is 6.29 Å². The molecule has 8 heteroatoms. The molecule has 0 aromatic heterocycles. The van der Waals surface area contributed by atoms with Crippen LogP contribution >= 0.6 is 0 Å². The van der Waals surface area contributed by atoms with Gasteiger partial charge in [-0.2, -0.15) is 0 Å². The van der Waals surface area contributed by atoms with Crippen molar-refractivity contribution in [2.24, 2.45) is 62.6 Å². The van der Waals surface area contributed by atoms with Gasteiger partial charge in [-0.1, -0.05) is 67.0 Å². The molecule has 1 aliphatic heterocycles. The van der Waals surface area contributed by atoms with E-state index in [1.165, 1.54) is 5.57 Å². The molecule has 1 heterocycles. The molecule has 0 aromatic rings. The minimum Gasteiger partial charge on any atom is -0.481 e. The minimum atomic E-state index is -1.32. The summed E-state index contributed by atoms with van der Waals surface area (Å²) >= 11 is 0. The predicted molar refractivity (Wildman–Crippen MR) is 170 cm³/mol. The Morgan fingerprint density at radius 1 is 0.867 bits per heavy atom. The third-order valence-corrected chi connectivity index (χ3v) is 15.4. The van der Waals surface area contributed by atoms with Gasteiger partial charge in [0, 0.05) is 5.92 Å². The first-order valence-corrected chi connectivity index (χ1v) is 17.8. The monoisotopic (exact) mass is 632 g/mol. The normalized spacial score (nSPS) is 57.4. The quantitative estimate of drug-likeness (QED) is 0.213. The zero-order valence-corrected chi connectivity index (χ0v) is 29.0. The number of aliphatic hydroxyl groups is 4. The number of hydrogen-bond acceptors (Lipinski definition) is 7. The Hall–Kier alpha value is -1.03. The van der Waals surface area contributed by atoms with E-state index in [2.05, 4.69) is 61.5 Å². The van der Waals surface area contributed by atoms with E-state index in [4.69, 9.17) is 9.47 Å². The van der Waals surface area contributed by atoms with E-state index < -0.39 is 48.2 Å². The zero-order chi connectivity index (χ0) is 33.2. The van der Waals surface area contributed by atoms with Gasteiger partial charge in [-0.15, -0.1) is 0 Å². The van der Waals surface area contributed by atoms with Gasteiger partial charge in [0.2, 0.25) is 0 Å². The second-order valence-electron chi connectivity index (χ2n) is 17.9. The van der Waals surface area contributed by atoms with E-state index in [0.29, 0.717) is 37.0 Å². The standard InChI is InChI=1S/C37H60O8/c1-18-16-22-25-20(3)23(38)10-13-37(25,32(42)43)15-14-35(22,8)36(9)17-19(2)29-33(5,6)24(11-12-34(29,7)30(18)36)45-31-28(41)27(40)26(39)21(4)44-31/h16,18-21,23-31,38-41H,10-15,17H2,1-9H3,(H,42,43)/t18?,19?,20?,21-,23?,24?,25?,26-,27+,28-,29?,30?,31-,34?,35?,36?,37?/m1/s1. The molecule has 17 atom stereocenters.